The fraction of sp³-hybridized carbons (Fsp3) is 0.529. The van der Waals surface area contributed by atoms with Crippen LogP contribution in [0, 0.1) is 11.8 Å². The monoisotopic (exact) mass is 1320 g/mol. The van der Waals surface area contributed by atoms with Gasteiger partial charge in [-0.05, 0) is 117 Å². The van der Waals surface area contributed by atoms with E-state index < -0.39 is 84.0 Å². The van der Waals surface area contributed by atoms with Crippen molar-refractivity contribution in [2.24, 2.45) is 17.6 Å². The number of esters is 1. The molecule has 7 rings (SSSR count). The van der Waals surface area contributed by atoms with E-state index >= 15 is 0 Å². The summed E-state index contributed by atoms with van der Waals surface area (Å²) in [6, 6.07) is 19.8. The van der Waals surface area contributed by atoms with E-state index in [9.17, 15) is 48.3 Å². The third-order valence-electron chi connectivity index (χ3n) is 17.3. The molecule has 4 aliphatic rings. The summed E-state index contributed by atoms with van der Waals surface area (Å²) in [6.07, 6.45) is 9.55. The Morgan fingerprint density at radius 3 is 2.11 bits per heavy atom. The van der Waals surface area contributed by atoms with Gasteiger partial charge in [0.1, 0.15) is 49.2 Å². The van der Waals surface area contributed by atoms with Crippen LogP contribution in [0.15, 0.2) is 109 Å². The van der Waals surface area contributed by atoms with E-state index in [1.165, 1.54) is 19.1 Å². The molecule has 3 aromatic rings. The Balaban J connectivity index is 0.778. The van der Waals surface area contributed by atoms with Crippen LogP contribution in [0.25, 0.3) is 11.1 Å². The number of amides is 9. The van der Waals surface area contributed by atoms with Crippen molar-refractivity contribution < 1.29 is 76.7 Å². The Morgan fingerprint density at radius 1 is 0.758 bits per heavy atom. The van der Waals surface area contributed by atoms with Gasteiger partial charge in [-0.25, -0.2) is 19.8 Å². The first-order valence-electron chi connectivity index (χ1n) is 32.9. The van der Waals surface area contributed by atoms with E-state index in [1.807, 2.05) is 50.3 Å². The Hall–Kier alpha value is -8.65. The maximum absolute atomic E-state index is 13.8. The first-order valence-corrected chi connectivity index (χ1v) is 32.9. The minimum atomic E-state index is -1.07. The fourth-order valence-corrected chi connectivity index (χ4v) is 12.0. The lowest BCUT2D eigenvalue weighted by molar-refractivity contribution is -0.146. The number of aliphatic hydroxyl groups excluding tert-OH is 1. The minimum Gasteiger partial charge on any atom is -0.459 e. The molecule has 25 nitrogen and oxygen atoms in total. The minimum absolute atomic E-state index is 0.0191. The molecule has 0 aromatic heterocycles. The quantitative estimate of drug-likeness (QED) is 0.00561. The second-order valence-electron chi connectivity index (χ2n) is 25.3. The van der Waals surface area contributed by atoms with Gasteiger partial charge >= 0.3 is 24.2 Å². The number of nitrogens with two attached hydrogens (primary N) is 1. The highest BCUT2D eigenvalue weighted by molar-refractivity contribution is 5.98. The van der Waals surface area contributed by atoms with E-state index in [0.29, 0.717) is 43.7 Å². The molecule has 0 radical (unpaired) electrons. The third-order valence-corrected chi connectivity index (χ3v) is 17.3. The highest BCUT2D eigenvalue weighted by Crippen LogP contribution is 2.45. The van der Waals surface area contributed by atoms with Gasteiger partial charge in [0.2, 0.25) is 29.5 Å². The van der Waals surface area contributed by atoms with E-state index in [-0.39, 0.29) is 99.7 Å². The molecular weight excluding hydrogens is 1220 g/mol. The van der Waals surface area contributed by atoms with Gasteiger partial charge in [-0.3, -0.25) is 34.2 Å². The van der Waals surface area contributed by atoms with Crippen LogP contribution in [0.2, 0.25) is 0 Å². The number of primary amides is 1. The number of alkyl carbamates (subject to hydrolysis) is 1. The third kappa shape index (κ3) is 23.4. The van der Waals surface area contributed by atoms with Gasteiger partial charge in [0.05, 0.1) is 37.4 Å². The van der Waals surface area contributed by atoms with Crippen molar-refractivity contribution >= 4 is 59.4 Å². The molecular formula is C70H95N9O16. The summed E-state index contributed by atoms with van der Waals surface area (Å²) < 4.78 is 34.2. The van der Waals surface area contributed by atoms with Gasteiger partial charge < -0.3 is 71.2 Å². The van der Waals surface area contributed by atoms with Crippen LogP contribution in [-0.4, -0.2) is 145 Å². The van der Waals surface area contributed by atoms with Crippen molar-refractivity contribution in [2.45, 2.75) is 198 Å². The number of ether oxygens (including phenoxy) is 6. The normalized spacial score (nSPS) is 22.3. The number of nitrogens with one attached hydrogen (secondary N) is 8. The number of hydrogen-bond acceptors (Lipinski definition) is 16. The van der Waals surface area contributed by atoms with Gasteiger partial charge in [0.25, 0.3) is 0 Å². The van der Waals surface area contributed by atoms with Gasteiger partial charge in [0.15, 0.2) is 0 Å². The summed E-state index contributed by atoms with van der Waals surface area (Å²) in [5.41, 5.74) is 15.4. The highest BCUT2D eigenvalue weighted by Gasteiger charge is 2.58. The average molecular weight is 1320 g/mol. The molecule has 3 saturated heterocycles. The van der Waals surface area contributed by atoms with Crippen LogP contribution in [0.1, 0.15) is 148 Å². The van der Waals surface area contributed by atoms with Crippen LogP contribution in [-0.2, 0) is 63.8 Å². The molecule has 25 heteroatoms. The zero-order valence-corrected chi connectivity index (χ0v) is 55.4. The molecule has 0 unspecified atom stereocenters. The Morgan fingerprint density at radius 2 is 1.43 bits per heavy atom. The van der Waals surface area contributed by atoms with Gasteiger partial charge in [-0.1, -0.05) is 124 Å². The Kier molecular flexibility index (Phi) is 28.2. The first-order chi connectivity index (χ1) is 45.5. The lowest BCUT2D eigenvalue weighted by Crippen LogP contribution is -2.54. The summed E-state index contributed by atoms with van der Waals surface area (Å²) >= 11 is 0. The summed E-state index contributed by atoms with van der Waals surface area (Å²) in [7, 11) is 0. The zero-order valence-electron chi connectivity index (χ0n) is 55.4. The summed E-state index contributed by atoms with van der Waals surface area (Å²) in [6.45, 7) is 13.4. The number of carbonyl (C=O) groups excluding carboxylic acids is 9. The number of urea groups is 1. The second kappa shape index (κ2) is 36.3. The second-order valence-corrected chi connectivity index (χ2v) is 25.3. The maximum atomic E-state index is 13.8. The van der Waals surface area contributed by atoms with Gasteiger partial charge in [-0.15, -0.1) is 0 Å². The van der Waals surface area contributed by atoms with Crippen molar-refractivity contribution in [3.63, 3.8) is 0 Å². The molecule has 1 spiro atoms. The van der Waals surface area contributed by atoms with E-state index in [4.69, 9.17) is 34.2 Å². The number of unbranched alkanes of at least 4 members (excludes halogenated alkanes) is 4. The average Bonchev–Trinajstić information content (AvgIpc) is 1.61. The van der Waals surface area contributed by atoms with Crippen molar-refractivity contribution in [1.29, 1.82) is 0 Å². The topological polar surface area (TPSA) is 355 Å². The van der Waals surface area contributed by atoms with Gasteiger partial charge in [-0.2, -0.15) is 0 Å². The number of aliphatic hydroxyl groups is 1. The van der Waals surface area contributed by atoms with E-state index in [0.717, 1.165) is 53.5 Å². The Bertz CT molecular complexity index is 3180. The van der Waals surface area contributed by atoms with Crippen molar-refractivity contribution in [2.75, 3.05) is 31.6 Å². The SMILES string of the molecule is CC(=O)O[C@@H](C)/C=C\C(=O)N[C@@H]1C[C@H](C)[C@H](C/C=C(C)/C=C/[C@H]2O[C@H](CC(=O)NNC(=O)OCc3ccc(NC(=O)[C@H](CCCNC(N)=O)NC(=O)[C@@H](NC(=O)CCCCCCCNC(=O)OCC4c5ccccc5-c5ccccc54)C(C)C)cc3)C[C@@]3(CO3)[C@@H]2O)O[C@@H]1C. The molecule has 95 heavy (non-hydrogen) atoms. The molecule has 3 fully saturated rings. The number of carbonyl (C=O) groups is 9. The Labute approximate surface area is 555 Å². The highest BCUT2D eigenvalue weighted by atomic mass is 16.6. The molecule has 1 aliphatic carbocycles. The molecule has 3 aromatic carbocycles. The zero-order chi connectivity index (χ0) is 68.6. The van der Waals surface area contributed by atoms with Crippen molar-refractivity contribution in [3.05, 3.63) is 125 Å². The molecule has 0 bridgehead atoms. The van der Waals surface area contributed by atoms with Gasteiger partial charge in [0, 0.05) is 50.5 Å². The smallest absolute Gasteiger partial charge is 0.426 e. The number of anilines is 1. The van der Waals surface area contributed by atoms with Crippen molar-refractivity contribution in [3.8, 4) is 11.1 Å². The fourth-order valence-electron chi connectivity index (χ4n) is 12.0. The lowest BCUT2D eigenvalue weighted by Gasteiger charge is -2.39. The molecule has 516 valence electrons. The summed E-state index contributed by atoms with van der Waals surface area (Å²) in [4.78, 5) is 114. The maximum Gasteiger partial charge on any atom is 0.426 e. The number of rotatable bonds is 32. The first kappa shape index (κ1) is 73.8. The summed E-state index contributed by atoms with van der Waals surface area (Å²) in [5, 5.41) is 27.9. The molecule has 3 heterocycles. The number of benzene rings is 3. The number of hydrazine groups is 1. The molecule has 0 saturated carbocycles. The van der Waals surface area contributed by atoms with Crippen LogP contribution in [0.4, 0.5) is 20.1 Å². The van der Waals surface area contributed by atoms with Crippen LogP contribution < -0.4 is 48.5 Å². The largest absolute Gasteiger partial charge is 0.459 e. The predicted molar refractivity (Wildman–Crippen MR) is 353 cm³/mol. The molecule has 11 atom stereocenters. The number of fused-ring (bicyclic) bond motifs is 3. The van der Waals surface area contributed by atoms with Crippen LogP contribution in [0.5, 0.6) is 0 Å². The lowest BCUT2D eigenvalue weighted by atomic mass is 9.87. The molecule has 9 amide bonds. The standard InChI is InChI=1S/C70H95N9O16/c1-42(2)63(77-60(81)23-11-9-8-10-16-34-73-68(88)91-40-55-53-20-14-12-18-51(53)52-19-13-15-21-54(52)55)66(86)76-56(22-17-35-72-67(71)87)65(85)74-49-29-27-48(28-30-49)39-90-69(89)79-78-62(83)37-50-38-70(41-92-70)64(84)59(95-50)32-25-43(3)24-31-58-44(4)36-57(46(6)94-58)75-61(82)33-26-45(5)93-47(7)80/h12-15,18-21,24-30,32-33,42,44-46,50,55-59,63-64,84H,8-11,16-17,22-23,31,34-41H2,1-7H3,(H,73,88)(H,74,85)(H,75,82)(H,76,86)(H,77,81)(H,78,83)(H,79,89)(H3,71,72,87)/b32-25+,33-26-,43-24+/t44-,45-,46+,50+,56-,57+,58-,59+,63-,64+,70+/m0/s1. The van der Waals surface area contributed by atoms with E-state index in [2.05, 4.69) is 73.9 Å². The van der Waals surface area contributed by atoms with Crippen molar-refractivity contribution in [1.82, 2.24) is 37.4 Å². The van der Waals surface area contributed by atoms with Crippen LogP contribution >= 0.6 is 0 Å². The number of epoxide rings is 1. The number of hydrogen-bond donors (Lipinski definition) is 10. The molecule has 3 aliphatic heterocycles. The summed E-state index contributed by atoms with van der Waals surface area (Å²) in [5.74, 6) is -2.95. The van der Waals surface area contributed by atoms with Crippen LogP contribution in [0.3, 0.4) is 0 Å². The van der Waals surface area contributed by atoms with E-state index in [1.54, 1.807) is 51.1 Å². The predicted octanol–water partition coefficient (Wildman–Crippen LogP) is 7.21. The molecule has 11 N–H and O–H groups in total. The number of allylic oxidation sites excluding steroid dienone is 2.